The van der Waals surface area contributed by atoms with Gasteiger partial charge in [0, 0.05) is 6.61 Å². The van der Waals surface area contributed by atoms with Gasteiger partial charge in [0.15, 0.2) is 0 Å². The Morgan fingerprint density at radius 2 is 2.07 bits per heavy atom. The van der Waals surface area contributed by atoms with Gasteiger partial charge in [-0.1, -0.05) is 4.40 Å². The summed E-state index contributed by atoms with van der Waals surface area (Å²) >= 11 is -1.13. The van der Waals surface area contributed by atoms with Crippen LogP contribution in [0.15, 0.2) is 4.40 Å². The Hall–Kier alpha value is -0.0600. The van der Waals surface area contributed by atoms with Crippen LogP contribution in [0.1, 0.15) is 46.5 Å². The first-order chi connectivity index (χ1) is 6.94. The van der Waals surface area contributed by atoms with Crippen LogP contribution in [0.2, 0.25) is 0 Å². The lowest BCUT2D eigenvalue weighted by Crippen LogP contribution is -2.35. The van der Waals surface area contributed by atoms with Crippen molar-refractivity contribution in [1.82, 2.24) is 0 Å². The van der Waals surface area contributed by atoms with Crippen LogP contribution in [0, 0.1) is 0 Å². The van der Waals surface area contributed by atoms with Crippen LogP contribution in [0.25, 0.3) is 0 Å². The van der Waals surface area contributed by atoms with E-state index in [-0.39, 0.29) is 10.3 Å². The van der Waals surface area contributed by atoms with Crippen molar-refractivity contribution in [2.24, 2.45) is 4.40 Å². The summed E-state index contributed by atoms with van der Waals surface area (Å²) in [5.74, 6) is 0. The zero-order valence-corrected chi connectivity index (χ0v) is 10.5. The molecule has 2 aliphatic rings. The van der Waals surface area contributed by atoms with Gasteiger partial charge in [0.05, 0.1) is 0 Å². The van der Waals surface area contributed by atoms with E-state index in [4.69, 9.17) is 4.74 Å². The number of rotatable bonds is 1. The third-order valence-electron chi connectivity index (χ3n) is 2.88. The van der Waals surface area contributed by atoms with Gasteiger partial charge in [-0.25, -0.2) is 0 Å². The van der Waals surface area contributed by atoms with E-state index in [1.165, 1.54) is 0 Å². The van der Waals surface area contributed by atoms with Crippen molar-refractivity contribution in [3.63, 3.8) is 0 Å². The molecule has 0 aromatic carbocycles. The predicted molar refractivity (Wildman–Crippen MR) is 62.5 cm³/mol. The van der Waals surface area contributed by atoms with Crippen molar-refractivity contribution in [1.29, 1.82) is 0 Å². The quantitative estimate of drug-likeness (QED) is 0.647. The standard InChI is InChI=1S/C11H19NO2S/c1-10(2,3)15(13)12-9-5-4-8-14-11(9)6-7-11/h4-8H2,1-3H3/t15-/m0/s1. The molecule has 1 aliphatic heterocycles. The highest BCUT2D eigenvalue weighted by molar-refractivity contribution is 7.91. The second-order valence-electron chi connectivity index (χ2n) is 5.35. The molecule has 0 amide bonds. The number of ether oxygens (including phenoxy) is 1. The van der Waals surface area contributed by atoms with E-state index >= 15 is 0 Å². The molecular formula is C11H19NO2S. The maximum absolute atomic E-state index is 11.9. The molecule has 4 heteroatoms. The molecule has 1 heterocycles. The average molecular weight is 229 g/mol. The third kappa shape index (κ3) is 2.37. The van der Waals surface area contributed by atoms with Crippen LogP contribution in [0.4, 0.5) is 0 Å². The van der Waals surface area contributed by atoms with E-state index in [1.54, 1.807) is 0 Å². The summed E-state index contributed by atoms with van der Waals surface area (Å²) in [5, 5.41) is 0. The average Bonchev–Trinajstić information content (AvgIpc) is 2.89. The monoisotopic (exact) mass is 229 g/mol. The molecule has 86 valence electrons. The lowest BCUT2D eigenvalue weighted by Gasteiger charge is -2.26. The minimum Gasteiger partial charge on any atom is -0.591 e. The van der Waals surface area contributed by atoms with Crippen LogP contribution in [-0.2, 0) is 16.1 Å². The SMILES string of the molecule is CC(C)(C)[S@+]([O-])N=C1CCCOC12CC2. The van der Waals surface area contributed by atoms with Gasteiger partial charge in [0.25, 0.3) is 0 Å². The molecule has 1 saturated heterocycles. The molecular weight excluding hydrogens is 210 g/mol. The van der Waals surface area contributed by atoms with Crippen molar-refractivity contribution in [2.75, 3.05) is 6.61 Å². The van der Waals surface area contributed by atoms with E-state index < -0.39 is 11.4 Å². The molecule has 15 heavy (non-hydrogen) atoms. The van der Waals surface area contributed by atoms with Crippen molar-refractivity contribution in [3.8, 4) is 0 Å². The van der Waals surface area contributed by atoms with Crippen molar-refractivity contribution in [3.05, 3.63) is 0 Å². The van der Waals surface area contributed by atoms with E-state index in [1.807, 2.05) is 20.8 Å². The normalized spacial score (nSPS) is 29.5. The zero-order chi connectivity index (χ0) is 11.1. The number of hydrogen-bond acceptors (Lipinski definition) is 3. The summed E-state index contributed by atoms with van der Waals surface area (Å²) in [6.07, 6.45) is 4.10. The molecule has 2 fully saturated rings. The van der Waals surface area contributed by atoms with E-state index in [2.05, 4.69) is 4.40 Å². The fourth-order valence-corrected chi connectivity index (χ4v) is 2.46. The Kier molecular flexibility index (Phi) is 2.86. The molecule has 0 aromatic rings. The highest BCUT2D eigenvalue weighted by Gasteiger charge is 2.51. The maximum Gasteiger partial charge on any atom is 0.144 e. The summed E-state index contributed by atoms with van der Waals surface area (Å²) in [5.41, 5.74) is 0.945. The van der Waals surface area contributed by atoms with Gasteiger partial charge in [-0.05, 0) is 46.5 Å². The zero-order valence-electron chi connectivity index (χ0n) is 9.71. The fourth-order valence-electron chi connectivity index (χ4n) is 1.73. The summed E-state index contributed by atoms with van der Waals surface area (Å²) in [4.78, 5) is 0. The summed E-state index contributed by atoms with van der Waals surface area (Å²) < 4.78 is 21.8. The van der Waals surface area contributed by atoms with Gasteiger partial charge in [0.2, 0.25) is 0 Å². The van der Waals surface area contributed by atoms with Gasteiger partial charge >= 0.3 is 0 Å². The highest BCUT2D eigenvalue weighted by atomic mass is 32.2. The molecule has 3 nitrogen and oxygen atoms in total. The minimum atomic E-state index is -1.13. The van der Waals surface area contributed by atoms with Crippen molar-refractivity contribution >= 4 is 17.1 Å². The predicted octanol–water partition coefficient (Wildman–Crippen LogP) is 2.23. The Labute approximate surface area is 94.6 Å². The van der Waals surface area contributed by atoms with Gasteiger partial charge in [0.1, 0.15) is 27.4 Å². The van der Waals surface area contributed by atoms with Gasteiger partial charge in [-0.2, -0.15) is 0 Å². The molecule has 0 radical (unpaired) electrons. The van der Waals surface area contributed by atoms with Crippen molar-refractivity contribution in [2.45, 2.75) is 56.8 Å². The molecule has 1 atom stereocenters. The molecule has 0 unspecified atom stereocenters. The Bertz CT molecular complexity index is 279. The summed E-state index contributed by atoms with van der Waals surface area (Å²) in [6.45, 7) is 6.70. The summed E-state index contributed by atoms with van der Waals surface area (Å²) in [6, 6.07) is 0. The van der Waals surface area contributed by atoms with Crippen LogP contribution in [-0.4, -0.2) is 27.2 Å². The van der Waals surface area contributed by atoms with Crippen LogP contribution in [0.3, 0.4) is 0 Å². The van der Waals surface area contributed by atoms with Crippen molar-refractivity contribution < 1.29 is 9.29 Å². The Morgan fingerprint density at radius 3 is 2.60 bits per heavy atom. The first-order valence-electron chi connectivity index (χ1n) is 5.58. The van der Waals surface area contributed by atoms with Gasteiger partial charge < -0.3 is 9.29 Å². The molecule has 1 aliphatic carbocycles. The molecule has 1 saturated carbocycles. The first kappa shape index (κ1) is 11.4. The van der Waals surface area contributed by atoms with E-state index in [0.29, 0.717) is 0 Å². The number of nitrogens with zero attached hydrogens (tertiary/aromatic N) is 1. The third-order valence-corrected chi connectivity index (χ3v) is 4.32. The van der Waals surface area contributed by atoms with Crippen LogP contribution in [0.5, 0.6) is 0 Å². The second-order valence-corrected chi connectivity index (χ2v) is 7.25. The highest BCUT2D eigenvalue weighted by Crippen LogP contribution is 2.45. The lowest BCUT2D eigenvalue weighted by atomic mass is 10.1. The molecule has 2 rings (SSSR count). The molecule has 0 aromatic heterocycles. The first-order valence-corrected chi connectivity index (χ1v) is 6.69. The molecule has 0 N–H and O–H groups in total. The minimum absolute atomic E-state index is 0.0981. The maximum atomic E-state index is 11.9. The largest absolute Gasteiger partial charge is 0.591 e. The van der Waals surface area contributed by atoms with E-state index in [9.17, 15) is 4.55 Å². The second kappa shape index (κ2) is 3.75. The van der Waals surface area contributed by atoms with Gasteiger partial charge in [-0.3, -0.25) is 0 Å². The lowest BCUT2D eigenvalue weighted by molar-refractivity contribution is 0.0639. The van der Waals surface area contributed by atoms with E-state index in [0.717, 1.165) is 38.0 Å². The summed E-state index contributed by atoms with van der Waals surface area (Å²) in [7, 11) is 0. The number of hydrogen-bond donors (Lipinski definition) is 0. The Balaban J connectivity index is 2.11. The van der Waals surface area contributed by atoms with Crippen LogP contribution < -0.4 is 0 Å². The Morgan fingerprint density at radius 1 is 1.40 bits per heavy atom. The van der Waals surface area contributed by atoms with Gasteiger partial charge in [-0.15, -0.1) is 0 Å². The molecule has 1 spiro atoms. The molecule has 0 bridgehead atoms. The van der Waals surface area contributed by atoms with Crippen LogP contribution >= 0.6 is 0 Å². The topological polar surface area (TPSA) is 44.7 Å². The fraction of sp³-hybridized carbons (Fsp3) is 0.909. The smallest absolute Gasteiger partial charge is 0.144 e.